The molecule has 0 amide bonds. The summed E-state index contributed by atoms with van der Waals surface area (Å²) in [5.41, 5.74) is 21.7. The van der Waals surface area contributed by atoms with E-state index in [1.165, 1.54) is 54.6 Å². The number of aromatic nitrogens is 3. The predicted octanol–water partition coefficient (Wildman–Crippen LogP) is 12.0. The molecule has 0 spiro atoms. The molecule has 15 aromatic rings. The van der Waals surface area contributed by atoms with Crippen molar-refractivity contribution in [3.63, 3.8) is 0 Å². The van der Waals surface area contributed by atoms with Crippen LogP contribution >= 0.6 is 0 Å². The first-order chi connectivity index (χ1) is 73.4. The average molecular weight is 1630 g/mol. The van der Waals surface area contributed by atoms with Gasteiger partial charge in [-0.1, -0.05) is 388 Å². The zero-order valence-corrected chi connectivity index (χ0v) is 71.8. The number of nitrogens with zero attached hydrogens (tertiary/aromatic N) is 3. The Morgan fingerprint density at radius 3 is 0.764 bits per heavy atom. The van der Waals surface area contributed by atoms with Gasteiger partial charge in [-0.2, -0.15) is 0 Å². The van der Waals surface area contributed by atoms with Crippen molar-refractivity contribution in [2.75, 3.05) is 0 Å². The number of hydrogen-bond acceptors (Lipinski definition) is 0. The second-order valence-electron chi connectivity index (χ2n) is 34.9. The monoisotopic (exact) mass is 1630 g/mol. The number of fused-ring (bicyclic) bond motifs is 6. The molecule has 3 aliphatic rings. The van der Waals surface area contributed by atoms with Gasteiger partial charge in [0.2, 0.25) is 57.4 Å². The van der Waals surface area contributed by atoms with Crippen LogP contribution in [0.3, 0.4) is 0 Å². The smallest absolute Gasteiger partial charge is 0.201 e. The maximum absolute atomic E-state index is 8.85. The van der Waals surface area contributed by atoms with Gasteiger partial charge in [-0.3, -0.25) is 0 Å². The lowest BCUT2D eigenvalue weighted by atomic mass is 9.20. The number of hydrogen-bond donors (Lipinski definition) is 0. The SMILES string of the molecule is [2H]C([2H])([2H])c1c[n+](C)c(-c2c(C)cc(C([2H])([2H])[2H])c(B3c4ccccc4B(c4c(C([2H])([2H])[2H])cccc4C([2H])([2H])[2H])c4ccccc43)c2C)cc1C.[2H]C([2H])([2H])c1c[n+](C)c(-c2c(C)cc(C([2H])([2H])[2H])c(B3c4ccccc4B(c4c(C([2H])([2H])[2H])cccc4C([2H])([2H])[2H])c4ccccc43)c2C)cc1CC(C)(C)C.[2H]C([2H])([2H])c1ccc(-c2c(C)cc(C([2H])([2H])[2H])c(B3c4ccccc4B(c4c(C([2H])([2H])[2H])cccc4C([2H])([2H])[2H])c4ccccc43)c2C)[n+](C)c1. The van der Waals surface area contributed by atoms with Crippen LogP contribution in [0.25, 0.3) is 33.8 Å². The molecule has 0 saturated heterocycles. The molecular formula is C114H120B6N3+3. The lowest BCUT2D eigenvalue weighted by molar-refractivity contribution is -0.660. The molecule has 0 unspecified atom stereocenters. The van der Waals surface area contributed by atoms with Crippen LogP contribution in [0, 0.1) is 136 Å². The van der Waals surface area contributed by atoms with Gasteiger partial charge in [0, 0.05) is 84.2 Å². The summed E-state index contributed by atoms with van der Waals surface area (Å²) in [5.74, 6) is 0. The molecule has 0 saturated carbocycles. The molecule has 0 aliphatic carbocycles. The lowest BCUT2D eigenvalue weighted by Crippen LogP contribution is -2.75. The Bertz CT molecular complexity index is 7970. The predicted molar refractivity (Wildman–Crippen MR) is 538 cm³/mol. The Morgan fingerprint density at radius 2 is 0.496 bits per heavy atom. The van der Waals surface area contributed by atoms with E-state index in [-0.39, 0.29) is 88.6 Å². The molecule has 9 heteroatoms. The van der Waals surface area contributed by atoms with Gasteiger partial charge in [0.15, 0.2) is 18.6 Å². The fraction of sp³-hybridized carbons (Fsp3) is 0.237. The Labute approximate surface area is 789 Å². The van der Waals surface area contributed by atoms with Crippen LogP contribution in [0.4, 0.5) is 0 Å². The highest BCUT2D eigenvalue weighted by Crippen LogP contribution is 2.33. The molecule has 606 valence electrons. The highest BCUT2D eigenvalue weighted by atomic mass is 14.9. The quantitative estimate of drug-likeness (QED) is 0.0955. The minimum Gasteiger partial charge on any atom is -0.201 e. The van der Waals surface area contributed by atoms with E-state index in [9.17, 15) is 0 Å². The summed E-state index contributed by atoms with van der Waals surface area (Å²) in [6, 6.07) is 70.3. The van der Waals surface area contributed by atoms with Crippen LogP contribution in [0.5, 0.6) is 0 Å². The van der Waals surface area contributed by atoms with E-state index < -0.39 is 122 Å². The van der Waals surface area contributed by atoms with Gasteiger partial charge in [-0.25, -0.2) is 13.7 Å². The normalized spacial score (nSPS) is 18.1. The number of rotatable bonds is 10. The van der Waals surface area contributed by atoms with Crippen LogP contribution in [-0.2, 0) is 27.6 Å². The van der Waals surface area contributed by atoms with Crippen molar-refractivity contribution in [1.82, 2.24) is 0 Å². The molecule has 0 fully saturated rings. The number of aryl methyl sites for hydroxylation is 19. The molecule has 0 atom stereocenters. The average Bonchev–Trinajstić information content (AvgIpc) is 0.711. The van der Waals surface area contributed by atoms with E-state index in [2.05, 4.69) is 20.8 Å². The van der Waals surface area contributed by atoms with Crippen molar-refractivity contribution in [2.45, 2.75) is 158 Å². The second kappa shape index (κ2) is 34.0. The summed E-state index contributed by atoms with van der Waals surface area (Å²) in [6.45, 7) is -15.2. The van der Waals surface area contributed by atoms with Crippen molar-refractivity contribution in [3.05, 3.63) is 373 Å². The van der Waals surface area contributed by atoms with Crippen LogP contribution < -0.4 is 112 Å². The molecule has 3 nitrogen and oxygen atoms in total. The topological polar surface area (TPSA) is 11.6 Å². The largest absolute Gasteiger partial charge is 0.240 e. The zero-order chi connectivity index (χ0) is 117. The van der Waals surface area contributed by atoms with Crippen molar-refractivity contribution in [3.8, 4) is 33.8 Å². The van der Waals surface area contributed by atoms with Gasteiger partial charge in [-0.15, -0.1) is 0 Å². The van der Waals surface area contributed by atoms with Crippen LogP contribution in [-0.4, -0.2) is 40.3 Å². The maximum atomic E-state index is 8.85. The Hall–Kier alpha value is -11.5. The first kappa shape index (κ1) is 51.5. The van der Waals surface area contributed by atoms with Crippen LogP contribution in [0.15, 0.2) is 261 Å². The fourth-order valence-electron chi connectivity index (χ4n) is 20.5. The van der Waals surface area contributed by atoms with Crippen LogP contribution in [0.1, 0.15) is 181 Å². The first-order valence-corrected chi connectivity index (χ1v) is 41.8. The van der Waals surface area contributed by atoms with E-state index in [1.54, 1.807) is 79.1 Å². The third-order valence-corrected chi connectivity index (χ3v) is 25.7. The minimum absolute atomic E-state index is 0.0461. The van der Waals surface area contributed by atoms with Crippen molar-refractivity contribution in [2.24, 2.45) is 26.6 Å². The zero-order valence-electron chi connectivity index (χ0n) is 108. The summed E-state index contributed by atoms with van der Waals surface area (Å²) < 4.78 is 310. The molecule has 0 bridgehead atoms. The highest BCUT2D eigenvalue weighted by molar-refractivity contribution is 7.13. The van der Waals surface area contributed by atoms with Gasteiger partial charge in [0.25, 0.3) is 0 Å². The second-order valence-corrected chi connectivity index (χ2v) is 34.9. The van der Waals surface area contributed by atoms with Crippen molar-refractivity contribution in [1.29, 1.82) is 0 Å². The summed E-state index contributed by atoms with van der Waals surface area (Å²) in [7, 11) is 5.35. The van der Waals surface area contributed by atoms with E-state index in [0.717, 1.165) is 66.4 Å². The molecule has 3 aliphatic heterocycles. The van der Waals surface area contributed by atoms with Gasteiger partial charge < -0.3 is 0 Å². The van der Waals surface area contributed by atoms with E-state index in [0.29, 0.717) is 100 Å². The molecule has 6 heterocycles. The highest BCUT2D eigenvalue weighted by Gasteiger charge is 2.45. The summed E-state index contributed by atoms with van der Waals surface area (Å²) in [5, 5.41) is 0. The first-order valence-electron chi connectivity index (χ1n) is 59.8. The molecule has 18 rings (SSSR count). The van der Waals surface area contributed by atoms with Gasteiger partial charge in [-0.05, 0) is 193 Å². The van der Waals surface area contributed by atoms with Crippen molar-refractivity contribution >= 4 is 139 Å². The number of benzene rings is 12. The summed E-state index contributed by atoms with van der Waals surface area (Å²) in [4.78, 5) is 0. The molecule has 3 aromatic heterocycles. The third kappa shape index (κ3) is 15.4. The van der Waals surface area contributed by atoms with Gasteiger partial charge >= 0.3 is 0 Å². The molecule has 0 N–H and O–H groups in total. The van der Waals surface area contributed by atoms with Gasteiger partial charge in [0.1, 0.15) is 21.1 Å². The summed E-state index contributed by atoms with van der Waals surface area (Å²) in [6.07, 6.45) is 5.35. The van der Waals surface area contributed by atoms with Crippen LogP contribution in [0.2, 0.25) is 0 Å². The Balaban J connectivity index is 0.000000168. The van der Waals surface area contributed by atoms with E-state index in [1.807, 2.05) is 211 Å². The Kier molecular flexibility index (Phi) is 14.2. The third-order valence-electron chi connectivity index (χ3n) is 25.7. The molecular weight excluding hydrogens is 1480 g/mol. The van der Waals surface area contributed by atoms with Crippen molar-refractivity contribution < 1.29 is 63.0 Å². The molecule has 0 radical (unpaired) electrons. The fourth-order valence-corrected chi connectivity index (χ4v) is 20.5. The molecule has 123 heavy (non-hydrogen) atoms. The maximum Gasteiger partial charge on any atom is 0.240 e. The number of pyridine rings is 3. The lowest BCUT2D eigenvalue weighted by Gasteiger charge is -2.34. The summed E-state index contributed by atoms with van der Waals surface area (Å²) >= 11 is 0. The van der Waals surface area contributed by atoms with E-state index in [4.69, 9.17) is 49.3 Å². The Morgan fingerprint density at radius 1 is 0.236 bits per heavy atom. The van der Waals surface area contributed by atoms with Gasteiger partial charge in [0.05, 0.1) is 16.7 Å². The standard InChI is InChI=1S/C41H46B2N.C37H38B2N.C36H36B2N/c1-26-16-15-17-27(2)39(26)42-33-18-11-13-20-35(33)43(36-21-14-12-19-34(36)42)40-29(4)22-28(3)38(31(40)6)37-23-32(24-41(7,8)9)30(5)25-44(37)10;1-23-14-13-15-24(2)36(23)38-30-16-9-11-18-32(30)39(33-19-12-10-17-31(33)38)37-27(5)20-26(4)35(29(37)7)34-21-25(3)28(6)22-40(34)8;1-23-19-20-33(39(7)22-23)34-26(4)21-27(5)36(28(34)6)38-31-17-10-8-15-29(31)37(30-16-9-11-18-32(30)38)35-24(2)13-12-14-25(35)3/h11-23,25H,24H2,1-10H3;9-22H,1-8H3;8-22H,1-7H3/q3*+1/i1D3,2D3,4D3,5D3;1D3,2D3,5D3,6D3;1D3,2D3,3D3,5D3. The molecule has 12 aromatic carbocycles. The minimum atomic E-state index is -2.62. The van der Waals surface area contributed by atoms with E-state index >= 15 is 0 Å².